The first kappa shape index (κ1) is 21.2. The van der Waals surface area contributed by atoms with Gasteiger partial charge in [-0.15, -0.1) is 0 Å². The fourth-order valence-electron chi connectivity index (χ4n) is 4.52. The first-order chi connectivity index (χ1) is 16.9. The number of alkyl halides is 2. The average molecular weight is 478 g/mol. The molecule has 6 heterocycles. The number of hydrogen-bond acceptors (Lipinski definition) is 6. The van der Waals surface area contributed by atoms with Gasteiger partial charge in [-0.2, -0.15) is 10.2 Å². The van der Waals surface area contributed by atoms with Gasteiger partial charge in [-0.05, 0) is 25.1 Å². The predicted octanol–water partition coefficient (Wildman–Crippen LogP) is 3.48. The molecule has 5 aromatic rings. The lowest BCUT2D eigenvalue weighted by molar-refractivity contribution is 0.0655. The number of aromatic amines is 1. The Morgan fingerprint density at radius 1 is 1.29 bits per heavy atom. The molecule has 1 aliphatic heterocycles. The van der Waals surface area contributed by atoms with Gasteiger partial charge < -0.3 is 14.3 Å². The van der Waals surface area contributed by atoms with Gasteiger partial charge in [-0.25, -0.2) is 23.3 Å². The normalized spacial score (nSPS) is 15.8. The molecule has 1 amide bonds. The number of aryl methyl sites for hydroxylation is 1. The van der Waals surface area contributed by atoms with Crippen LogP contribution in [0.4, 0.5) is 8.78 Å². The van der Waals surface area contributed by atoms with Crippen molar-refractivity contribution in [3.8, 4) is 11.5 Å². The summed E-state index contributed by atoms with van der Waals surface area (Å²) < 4.78 is 36.1. The maximum Gasteiger partial charge on any atom is 0.292 e. The number of H-pyrrole nitrogens is 1. The van der Waals surface area contributed by atoms with Gasteiger partial charge in [0.25, 0.3) is 12.3 Å². The summed E-state index contributed by atoms with van der Waals surface area (Å²) in [6.07, 6.45) is 4.08. The third kappa shape index (κ3) is 3.32. The summed E-state index contributed by atoms with van der Waals surface area (Å²) in [6, 6.07) is 3.79. The molecule has 12 heteroatoms. The van der Waals surface area contributed by atoms with Crippen LogP contribution >= 0.6 is 0 Å². The van der Waals surface area contributed by atoms with Gasteiger partial charge in [0.1, 0.15) is 6.04 Å². The summed E-state index contributed by atoms with van der Waals surface area (Å²) in [4.78, 5) is 27.0. The van der Waals surface area contributed by atoms with E-state index < -0.39 is 18.4 Å². The summed E-state index contributed by atoms with van der Waals surface area (Å²) in [5, 5.41) is 8.72. The Morgan fingerprint density at radius 3 is 2.91 bits per heavy atom. The van der Waals surface area contributed by atoms with Crippen LogP contribution < -0.4 is 0 Å². The minimum Gasteiger partial charge on any atom is -0.431 e. The summed E-state index contributed by atoms with van der Waals surface area (Å²) in [6.45, 7) is 2.24. The molecule has 0 aromatic carbocycles. The van der Waals surface area contributed by atoms with Gasteiger partial charge >= 0.3 is 0 Å². The number of pyridine rings is 1. The molecule has 35 heavy (non-hydrogen) atoms. The van der Waals surface area contributed by atoms with E-state index in [9.17, 15) is 13.6 Å². The summed E-state index contributed by atoms with van der Waals surface area (Å²) in [5.41, 5.74) is 3.61. The van der Waals surface area contributed by atoms with E-state index in [1.165, 1.54) is 22.8 Å². The number of carbonyl (C=O) groups is 1. The molecule has 0 saturated carbocycles. The highest BCUT2D eigenvalue weighted by Crippen LogP contribution is 2.36. The van der Waals surface area contributed by atoms with Crippen molar-refractivity contribution in [3.05, 3.63) is 77.2 Å². The molecule has 0 bridgehead atoms. The Bertz CT molecular complexity index is 1560. The molecular formula is C23H20F2N8O2. The van der Waals surface area contributed by atoms with Crippen molar-refractivity contribution in [2.45, 2.75) is 25.8 Å². The summed E-state index contributed by atoms with van der Waals surface area (Å²) >= 11 is 0. The van der Waals surface area contributed by atoms with Crippen molar-refractivity contribution in [2.24, 2.45) is 7.05 Å². The Morgan fingerprint density at radius 2 is 2.14 bits per heavy atom. The van der Waals surface area contributed by atoms with Gasteiger partial charge in [0.05, 0.1) is 41.2 Å². The third-order valence-electron chi connectivity index (χ3n) is 6.44. The van der Waals surface area contributed by atoms with Crippen molar-refractivity contribution in [1.29, 1.82) is 0 Å². The van der Waals surface area contributed by atoms with E-state index >= 15 is 0 Å². The molecule has 6 rings (SSSR count). The molecule has 5 aromatic heterocycles. The van der Waals surface area contributed by atoms with Crippen LogP contribution in [0, 0.1) is 6.92 Å². The first-order valence-corrected chi connectivity index (χ1v) is 11.0. The zero-order chi connectivity index (χ0) is 24.3. The molecule has 1 aliphatic rings. The summed E-state index contributed by atoms with van der Waals surface area (Å²) in [5.74, 6) is -0.0402. The number of imidazole rings is 1. The zero-order valence-electron chi connectivity index (χ0n) is 18.8. The highest BCUT2D eigenvalue weighted by atomic mass is 19.3. The fourth-order valence-corrected chi connectivity index (χ4v) is 4.52. The maximum absolute atomic E-state index is 13.6. The van der Waals surface area contributed by atoms with Gasteiger partial charge in [0.2, 0.25) is 11.7 Å². The number of rotatable bonds is 4. The van der Waals surface area contributed by atoms with Crippen molar-refractivity contribution in [3.63, 3.8) is 0 Å². The molecule has 0 saturated heterocycles. The predicted molar refractivity (Wildman–Crippen MR) is 119 cm³/mol. The number of fused-ring (bicyclic) bond motifs is 2. The molecule has 0 aliphatic carbocycles. The molecule has 1 unspecified atom stereocenters. The number of halogens is 2. The highest BCUT2D eigenvalue weighted by molar-refractivity contribution is 5.92. The van der Waals surface area contributed by atoms with Crippen molar-refractivity contribution in [1.82, 2.24) is 39.2 Å². The maximum atomic E-state index is 13.6. The second-order valence-corrected chi connectivity index (χ2v) is 8.38. The lowest BCUT2D eigenvalue weighted by atomic mass is 9.99. The number of nitrogens with one attached hydrogen (secondary N) is 1. The molecule has 0 spiro atoms. The minimum atomic E-state index is -2.66. The topological polar surface area (TPSA) is 110 Å². The molecule has 1 N–H and O–H groups in total. The zero-order valence-corrected chi connectivity index (χ0v) is 18.8. The van der Waals surface area contributed by atoms with Crippen LogP contribution in [0.3, 0.4) is 0 Å². The lowest BCUT2D eigenvalue weighted by Crippen LogP contribution is -2.40. The number of nitrogens with zero attached hydrogens (tertiary/aromatic N) is 7. The van der Waals surface area contributed by atoms with Gasteiger partial charge in [0.15, 0.2) is 0 Å². The van der Waals surface area contributed by atoms with E-state index in [0.29, 0.717) is 35.8 Å². The average Bonchev–Trinajstić information content (AvgIpc) is 3.64. The Hall–Kier alpha value is -4.35. The molecule has 1 atom stereocenters. The van der Waals surface area contributed by atoms with Crippen molar-refractivity contribution >= 4 is 11.4 Å². The molecule has 178 valence electrons. The van der Waals surface area contributed by atoms with Crippen LogP contribution in [0.15, 0.2) is 47.5 Å². The number of hydrogen-bond donors (Lipinski definition) is 1. The number of aromatic nitrogens is 7. The molecule has 10 nitrogen and oxygen atoms in total. The van der Waals surface area contributed by atoms with Crippen LogP contribution in [-0.4, -0.2) is 51.7 Å². The van der Waals surface area contributed by atoms with E-state index in [1.54, 1.807) is 34.4 Å². The lowest BCUT2D eigenvalue weighted by Gasteiger charge is -2.33. The van der Waals surface area contributed by atoms with Crippen LogP contribution in [0.1, 0.15) is 51.4 Å². The van der Waals surface area contributed by atoms with Gasteiger partial charge in [-0.1, -0.05) is 0 Å². The second-order valence-electron chi connectivity index (χ2n) is 8.38. The largest absolute Gasteiger partial charge is 0.431 e. The van der Waals surface area contributed by atoms with Crippen molar-refractivity contribution < 1.29 is 18.0 Å². The number of amides is 1. The molecular weight excluding hydrogens is 458 g/mol. The Balaban J connectivity index is 1.41. The smallest absolute Gasteiger partial charge is 0.292 e. The molecule has 0 fully saturated rings. The van der Waals surface area contributed by atoms with Gasteiger partial charge in [0, 0.05) is 43.2 Å². The number of carbonyl (C=O) groups excluding carboxylic acids is 1. The summed E-state index contributed by atoms with van der Waals surface area (Å²) in [7, 11) is 1.81. The van der Waals surface area contributed by atoms with Gasteiger partial charge in [-0.3, -0.25) is 9.48 Å². The van der Waals surface area contributed by atoms with E-state index in [4.69, 9.17) is 4.42 Å². The second kappa shape index (κ2) is 7.86. The third-order valence-corrected chi connectivity index (χ3v) is 6.44. The van der Waals surface area contributed by atoms with E-state index in [0.717, 1.165) is 11.4 Å². The quantitative estimate of drug-likeness (QED) is 0.424. The minimum absolute atomic E-state index is 0.0595. The van der Waals surface area contributed by atoms with Crippen LogP contribution in [0.5, 0.6) is 0 Å². The molecule has 0 radical (unpaired) electrons. The van der Waals surface area contributed by atoms with Crippen LogP contribution in [0.25, 0.3) is 17.0 Å². The number of oxazole rings is 1. The monoisotopic (exact) mass is 478 g/mol. The fraction of sp³-hybridized carbons (Fsp3) is 0.261. The van der Waals surface area contributed by atoms with Crippen LogP contribution in [-0.2, 0) is 13.5 Å². The highest BCUT2D eigenvalue weighted by Gasteiger charge is 2.38. The van der Waals surface area contributed by atoms with E-state index in [2.05, 4.69) is 25.1 Å². The Kier molecular flexibility index (Phi) is 4.76. The Labute approximate surface area is 197 Å². The van der Waals surface area contributed by atoms with Crippen LogP contribution in [0.2, 0.25) is 0 Å². The van der Waals surface area contributed by atoms with Crippen molar-refractivity contribution in [2.75, 3.05) is 6.54 Å². The first-order valence-electron chi connectivity index (χ1n) is 11.0. The van der Waals surface area contributed by atoms with E-state index in [1.807, 2.05) is 14.0 Å². The SMILES string of the molecule is Cc1c(-c2ncc(C(=O)N3CCc4[nH]cnc4C3c3cc4c(C(F)F)cccn4n3)o2)cnn1C. The standard InChI is InChI=1S/C23H20F2N8O2/c1-12-14(9-29-31(12)2)22-26-10-18(35-22)23(34)32-7-5-15-19(28-11-27-15)20(32)16-8-17-13(21(24)25)4-3-6-33(17)30-16/h3-4,6,8-11,20-21H,5,7H2,1-2H3,(H,27,28). The van der Waals surface area contributed by atoms with E-state index in [-0.39, 0.29) is 16.8 Å².